The number of halogens is 3. The Bertz CT molecular complexity index is 322. The van der Waals surface area contributed by atoms with Crippen molar-refractivity contribution in [2.75, 3.05) is 5.65 Å². The molecule has 0 amide bonds. The maximum Gasteiger partial charge on any atom is 0.488 e. The Kier molecular flexibility index (Phi) is 3.53. The van der Waals surface area contributed by atoms with E-state index in [4.69, 9.17) is 0 Å². The van der Waals surface area contributed by atoms with Crippen LogP contribution in [-0.2, 0) is 0 Å². The van der Waals surface area contributed by atoms with Crippen LogP contribution in [0.25, 0.3) is 0 Å². The summed E-state index contributed by atoms with van der Waals surface area (Å²) in [5, 5.41) is 0. The molecule has 0 bridgehead atoms. The molecule has 0 fully saturated rings. The average molecular weight is 219 g/mol. The van der Waals surface area contributed by atoms with Gasteiger partial charge in [0.05, 0.1) is 0 Å². The molecule has 0 atom stereocenters. The van der Waals surface area contributed by atoms with Gasteiger partial charge in [0.25, 0.3) is 0 Å². The van der Waals surface area contributed by atoms with Gasteiger partial charge in [0.1, 0.15) is 0 Å². The number of rotatable bonds is 3. The first-order valence-corrected chi connectivity index (χ1v) is 5.28. The zero-order valence-corrected chi connectivity index (χ0v) is 8.88. The van der Waals surface area contributed by atoms with E-state index in [-0.39, 0.29) is 0 Å². The molecule has 0 aliphatic carbocycles. The van der Waals surface area contributed by atoms with Crippen LogP contribution in [-0.4, -0.2) is 12.6 Å². The van der Waals surface area contributed by atoms with Crippen molar-refractivity contribution in [1.29, 1.82) is 0 Å². The molecule has 0 unspecified atom stereocenters. The van der Waals surface area contributed by atoms with Gasteiger partial charge in [0, 0.05) is 4.90 Å². The highest BCUT2D eigenvalue weighted by Crippen LogP contribution is 2.27. The third-order valence-electron chi connectivity index (χ3n) is 1.77. The average Bonchev–Trinajstić information content (AvgIpc) is 2.05. The van der Waals surface area contributed by atoms with Crippen molar-refractivity contribution in [2.45, 2.75) is 18.7 Å². The molecular weight excluding hydrogens is 208 g/mol. The minimum absolute atomic E-state index is 0.726. The van der Waals surface area contributed by atoms with Gasteiger partial charge < -0.3 is 12.9 Å². The minimum atomic E-state index is -4.69. The highest BCUT2D eigenvalue weighted by atomic mass is 32.2. The Morgan fingerprint density at radius 3 is 2.43 bits per heavy atom. The van der Waals surface area contributed by atoms with Crippen LogP contribution in [0.1, 0.15) is 11.1 Å². The highest BCUT2D eigenvalue weighted by Gasteiger charge is 2.23. The molecule has 0 radical (unpaired) electrons. The van der Waals surface area contributed by atoms with E-state index in [1.54, 1.807) is 6.07 Å². The fourth-order valence-electron chi connectivity index (χ4n) is 1.05. The summed E-state index contributed by atoms with van der Waals surface area (Å²) >= 11 is 0.871. The number of hydrogen-bond donors (Lipinski definition) is 0. The molecule has 0 saturated carbocycles. The number of hydrogen-bond acceptors (Lipinski definition) is 1. The summed E-state index contributed by atoms with van der Waals surface area (Å²) in [7, 11) is 0. The first kappa shape index (κ1) is 11.5. The van der Waals surface area contributed by atoms with E-state index in [0.717, 1.165) is 27.8 Å². The van der Waals surface area contributed by atoms with Crippen molar-refractivity contribution >= 4 is 18.7 Å². The molecule has 0 spiro atoms. The molecule has 0 saturated heterocycles. The Labute approximate surface area is 86.0 Å². The maximum absolute atomic E-state index is 12.0. The van der Waals surface area contributed by atoms with Crippen LogP contribution in [0.15, 0.2) is 23.1 Å². The van der Waals surface area contributed by atoms with Gasteiger partial charge >= 0.3 is 6.98 Å². The predicted molar refractivity (Wildman–Crippen MR) is 55.7 cm³/mol. The lowest BCUT2D eigenvalue weighted by atomic mass is 9.98. The summed E-state index contributed by atoms with van der Waals surface area (Å²) in [5.41, 5.74) is 1.14. The van der Waals surface area contributed by atoms with Crippen LogP contribution in [0, 0.1) is 13.8 Å². The van der Waals surface area contributed by atoms with Crippen molar-refractivity contribution in [3.8, 4) is 0 Å². The molecule has 78 valence electrons. The Morgan fingerprint density at radius 1 is 1.21 bits per heavy atom. The molecule has 14 heavy (non-hydrogen) atoms. The van der Waals surface area contributed by atoms with Gasteiger partial charge in [-0.3, -0.25) is 0 Å². The molecule has 1 aromatic carbocycles. The molecule has 1 rings (SSSR count). The van der Waals surface area contributed by atoms with Crippen molar-refractivity contribution in [1.82, 2.24) is 0 Å². The molecule has 0 aliphatic heterocycles. The third-order valence-corrected chi connectivity index (χ3v) is 3.07. The number of aryl methyl sites for hydroxylation is 2. The van der Waals surface area contributed by atoms with E-state index in [0.29, 0.717) is 0 Å². The largest absolute Gasteiger partial charge is 0.488 e. The van der Waals surface area contributed by atoms with E-state index in [1.165, 1.54) is 0 Å². The fourth-order valence-corrected chi connectivity index (χ4v) is 1.98. The second-order valence-corrected chi connectivity index (χ2v) is 4.35. The van der Waals surface area contributed by atoms with Crippen LogP contribution < -0.4 is 0 Å². The summed E-state index contributed by atoms with van der Waals surface area (Å²) in [6, 6.07) is 5.54. The van der Waals surface area contributed by atoms with Crippen LogP contribution in [0.2, 0.25) is 0 Å². The molecule has 5 heteroatoms. The van der Waals surface area contributed by atoms with Crippen molar-refractivity contribution in [3.63, 3.8) is 0 Å². The van der Waals surface area contributed by atoms with E-state index in [2.05, 4.69) is 0 Å². The van der Waals surface area contributed by atoms with Crippen molar-refractivity contribution in [2.24, 2.45) is 0 Å². The van der Waals surface area contributed by atoms with Gasteiger partial charge in [0.15, 0.2) is 0 Å². The molecule has 0 heterocycles. The van der Waals surface area contributed by atoms with Gasteiger partial charge in [0.2, 0.25) is 0 Å². The summed E-state index contributed by atoms with van der Waals surface area (Å²) in [4.78, 5) is 0.726. The summed E-state index contributed by atoms with van der Waals surface area (Å²) in [5.74, 6) is 0. The normalized spacial score (nSPS) is 11.8. The zero-order chi connectivity index (χ0) is 10.8. The summed E-state index contributed by atoms with van der Waals surface area (Å²) < 4.78 is 36.0. The monoisotopic (exact) mass is 219 g/mol. The van der Waals surface area contributed by atoms with E-state index in [1.807, 2.05) is 26.0 Å². The topological polar surface area (TPSA) is 0 Å². The Hall–Kier alpha value is -0.575. The maximum atomic E-state index is 12.0. The lowest BCUT2D eigenvalue weighted by Crippen LogP contribution is -2.19. The van der Waals surface area contributed by atoms with E-state index < -0.39 is 12.6 Å². The van der Waals surface area contributed by atoms with Crippen LogP contribution in [0.4, 0.5) is 12.9 Å². The zero-order valence-electron chi connectivity index (χ0n) is 8.06. The molecule has 0 aliphatic rings. The smallest absolute Gasteiger partial charge is 0.448 e. The van der Waals surface area contributed by atoms with Gasteiger partial charge in [-0.15, -0.1) is 0 Å². The molecule has 0 nitrogen and oxygen atoms in total. The van der Waals surface area contributed by atoms with Gasteiger partial charge in [-0.05, 0) is 31.1 Å². The standard InChI is InChI=1S/C9H11BF3S/c1-7-3-4-8(2)9(5-7)14-6-10(11,12)13/h3-5H,6H2,1-2H3/q-1. The van der Waals surface area contributed by atoms with Gasteiger partial charge in [-0.1, -0.05) is 17.7 Å². The lowest BCUT2D eigenvalue weighted by molar-refractivity contribution is 0.485. The SMILES string of the molecule is Cc1ccc(C)c(SC[B-](F)(F)F)c1. The van der Waals surface area contributed by atoms with Crippen LogP contribution in [0.3, 0.4) is 0 Å². The molecule has 0 aromatic heterocycles. The summed E-state index contributed by atoms with van der Waals surface area (Å²) in [6.45, 7) is -0.989. The van der Waals surface area contributed by atoms with Crippen LogP contribution in [0.5, 0.6) is 0 Å². The molecular formula is C9H11BF3S-. The number of thioether (sulfide) groups is 1. The first-order chi connectivity index (χ1) is 6.38. The van der Waals surface area contributed by atoms with E-state index >= 15 is 0 Å². The van der Waals surface area contributed by atoms with Gasteiger partial charge in [-0.25, -0.2) is 0 Å². The molecule has 1 aromatic rings. The number of benzene rings is 1. The van der Waals surface area contributed by atoms with Crippen LogP contribution >= 0.6 is 11.8 Å². The lowest BCUT2D eigenvalue weighted by Gasteiger charge is -2.14. The highest BCUT2D eigenvalue weighted by molar-refractivity contribution is 8.00. The molecule has 0 N–H and O–H groups in total. The Balaban J connectivity index is 2.72. The van der Waals surface area contributed by atoms with Crippen molar-refractivity contribution in [3.05, 3.63) is 29.3 Å². The third kappa shape index (κ3) is 3.66. The first-order valence-electron chi connectivity index (χ1n) is 4.29. The second kappa shape index (κ2) is 4.30. The second-order valence-electron chi connectivity index (χ2n) is 3.29. The van der Waals surface area contributed by atoms with Crippen molar-refractivity contribution < 1.29 is 12.9 Å². The predicted octanol–water partition coefficient (Wildman–Crippen LogP) is 3.78. The fraction of sp³-hybridized carbons (Fsp3) is 0.333. The van der Waals surface area contributed by atoms with E-state index in [9.17, 15) is 12.9 Å². The Morgan fingerprint density at radius 2 is 1.86 bits per heavy atom. The summed E-state index contributed by atoms with van der Waals surface area (Å²) in [6.07, 6.45) is 0. The quantitative estimate of drug-likeness (QED) is 0.550. The van der Waals surface area contributed by atoms with Gasteiger partial charge in [-0.2, -0.15) is 11.8 Å². The minimum Gasteiger partial charge on any atom is -0.448 e.